The van der Waals surface area contributed by atoms with Crippen molar-refractivity contribution in [2.75, 3.05) is 6.54 Å². The fraction of sp³-hybridized carbons (Fsp3) is 0.150. The number of rotatable bonds is 7. The monoisotopic (exact) mass is 366 g/mol. The van der Waals surface area contributed by atoms with Crippen molar-refractivity contribution in [3.05, 3.63) is 89.8 Å². The summed E-state index contributed by atoms with van der Waals surface area (Å²) in [5.41, 5.74) is 1.98. The van der Waals surface area contributed by atoms with Gasteiger partial charge in [-0.3, -0.25) is 9.59 Å². The number of benzene rings is 2. The molecule has 0 aliphatic rings. The minimum absolute atomic E-state index is 0.0845. The molecule has 27 heavy (non-hydrogen) atoms. The summed E-state index contributed by atoms with van der Waals surface area (Å²) in [6.07, 6.45) is 5.38. The van der Waals surface area contributed by atoms with Crippen molar-refractivity contribution < 1.29 is 14.0 Å². The van der Waals surface area contributed by atoms with E-state index in [0.29, 0.717) is 6.54 Å². The van der Waals surface area contributed by atoms with E-state index in [1.807, 2.05) is 35.0 Å². The Kier molecular flexibility index (Phi) is 5.94. The van der Waals surface area contributed by atoms with Gasteiger partial charge in [-0.1, -0.05) is 36.4 Å². The number of nitrogens with zero attached hydrogens (tertiary/aromatic N) is 2. The van der Waals surface area contributed by atoms with E-state index < -0.39 is 11.7 Å². The van der Waals surface area contributed by atoms with Gasteiger partial charge in [0.15, 0.2) is 0 Å². The quantitative estimate of drug-likeness (QED) is 0.673. The zero-order valence-corrected chi connectivity index (χ0v) is 14.6. The normalized spacial score (nSPS) is 10.4. The molecular formula is C20H19FN4O2. The van der Waals surface area contributed by atoms with Crippen molar-refractivity contribution >= 4 is 11.8 Å². The van der Waals surface area contributed by atoms with Gasteiger partial charge in [0, 0.05) is 25.5 Å². The molecule has 2 aromatic carbocycles. The second-order valence-corrected chi connectivity index (χ2v) is 5.99. The Morgan fingerprint density at radius 3 is 2.44 bits per heavy atom. The first-order valence-corrected chi connectivity index (χ1v) is 8.45. The second-order valence-electron chi connectivity index (χ2n) is 5.99. The smallest absolute Gasteiger partial charge is 0.254 e. The minimum atomic E-state index is -0.619. The molecule has 0 unspecified atom stereocenters. The van der Waals surface area contributed by atoms with Crippen LogP contribution in [-0.2, 0) is 17.9 Å². The van der Waals surface area contributed by atoms with Crippen molar-refractivity contribution in [2.24, 2.45) is 0 Å². The zero-order chi connectivity index (χ0) is 19.1. The van der Waals surface area contributed by atoms with Crippen LogP contribution < -0.4 is 10.6 Å². The third-order valence-electron chi connectivity index (χ3n) is 3.96. The van der Waals surface area contributed by atoms with E-state index in [-0.39, 0.29) is 18.0 Å². The lowest BCUT2D eigenvalue weighted by molar-refractivity contribution is -0.120. The molecule has 0 radical (unpaired) electrons. The number of nitrogens with one attached hydrogen (secondary N) is 2. The number of hydrogen-bond donors (Lipinski definition) is 2. The molecular weight excluding hydrogens is 347 g/mol. The summed E-state index contributed by atoms with van der Waals surface area (Å²) in [5, 5.41) is 5.13. The molecule has 3 aromatic rings. The molecule has 0 atom stereocenters. The van der Waals surface area contributed by atoms with Crippen LogP contribution >= 0.6 is 0 Å². The van der Waals surface area contributed by atoms with Crippen LogP contribution in [0.3, 0.4) is 0 Å². The first-order chi connectivity index (χ1) is 13.1. The fourth-order valence-electron chi connectivity index (χ4n) is 2.52. The maximum atomic E-state index is 13.5. The summed E-state index contributed by atoms with van der Waals surface area (Å²) >= 11 is 0. The summed E-state index contributed by atoms with van der Waals surface area (Å²) in [5.74, 6) is -1.58. The molecule has 0 bridgehead atoms. The van der Waals surface area contributed by atoms with Gasteiger partial charge in [0.2, 0.25) is 5.91 Å². The summed E-state index contributed by atoms with van der Waals surface area (Å²) in [4.78, 5) is 27.8. The van der Waals surface area contributed by atoms with Crippen molar-refractivity contribution in [2.45, 2.75) is 13.1 Å². The van der Waals surface area contributed by atoms with Crippen LogP contribution in [0.5, 0.6) is 0 Å². The van der Waals surface area contributed by atoms with Gasteiger partial charge in [-0.25, -0.2) is 9.37 Å². The van der Waals surface area contributed by atoms with E-state index in [4.69, 9.17) is 0 Å². The molecule has 7 heteroatoms. The highest BCUT2D eigenvalue weighted by Crippen LogP contribution is 2.07. The number of hydrogen-bond acceptors (Lipinski definition) is 3. The summed E-state index contributed by atoms with van der Waals surface area (Å²) < 4.78 is 15.5. The van der Waals surface area contributed by atoms with Crippen LogP contribution in [0.25, 0.3) is 0 Å². The SMILES string of the molecule is O=C(CNC(=O)c1ccccc1F)NCc1ccc(Cn2ccnc2)cc1. The molecule has 2 amide bonds. The predicted octanol–water partition coefficient (Wildman–Crippen LogP) is 2.12. The first kappa shape index (κ1) is 18.3. The van der Waals surface area contributed by atoms with Crippen LogP contribution in [0.15, 0.2) is 67.3 Å². The molecule has 3 rings (SSSR count). The van der Waals surface area contributed by atoms with E-state index in [2.05, 4.69) is 15.6 Å². The average Bonchev–Trinajstić information content (AvgIpc) is 3.19. The van der Waals surface area contributed by atoms with Gasteiger partial charge in [0.05, 0.1) is 18.4 Å². The molecule has 0 aliphatic carbocycles. The molecule has 138 valence electrons. The molecule has 1 heterocycles. The summed E-state index contributed by atoms with van der Waals surface area (Å²) in [6.45, 7) is 0.861. The maximum absolute atomic E-state index is 13.5. The number of carbonyl (C=O) groups is 2. The van der Waals surface area contributed by atoms with Gasteiger partial charge in [-0.2, -0.15) is 0 Å². The number of aromatic nitrogens is 2. The van der Waals surface area contributed by atoms with Gasteiger partial charge in [-0.05, 0) is 23.3 Å². The number of carbonyl (C=O) groups excluding carboxylic acids is 2. The zero-order valence-electron chi connectivity index (χ0n) is 14.6. The maximum Gasteiger partial charge on any atom is 0.254 e. The average molecular weight is 366 g/mol. The molecule has 0 spiro atoms. The van der Waals surface area contributed by atoms with Crippen LogP contribution in [0.2, 0.25) is 0 Å². The molecule has 0 aliphatic heterocycles. The van der Waals surface area contributed by atoms with Crippen LogP contribution in [0.1, 0.15) is 21.5 Å². The van der Waals surface area contributed by atoms with Crippen molar-refractivity contribution in [3.63, 3.8) is 0 Å². The lowest BCUT2D eigenvalue weighted by Crippen LogP contribution is -2.36. The van der Waals surface area contributed by atoms with Crippen molar-refractivity contribution in [3.8, 4) is 0 Å². The van der Waals surface area contributed by atoms with Crippen LogP contribution in [0, 0.1) is 5.82 Å². The van der Waals surface area contributed by atoms with Crippen LogP contribution in [-0.4, -0.2) is 27.9 Å². The Labute approximate surface area is 156 Å². The van der Waals surface area contributed by atoms with Gasteiger partial charge >= 0.3 is 0 Å². The summed E-state index contributed by atoms with van der Waals surface area (Å²) in [7, 11) is 0. The van der Waals surface area contributed by atoms with Gasteiger partial charge in [-0.15, -0.1) is 0 Å². The lowest BCUT2D eigenvalue weighted by atomic mass is 10.1. The third kappa shape index (κ3) is 5.24. The van der Waals surface area contributed by atoms with E-state index in [0.717, 1.165) is 17.7 Å². The Morgan fingerprint density at radius 2 is 1.74 bits per heavy atom. The molecule has 1 aromatic heterocycles. The predicted molar refractivity (Wildman–Crippen MR) is 98.4 cm³/mol. The van der Waals surface area contributed by atoms with Crippen LogP contribution in [0.4, 0.5) is 4.39 Å². The first-order valence-electron chi connectivity index (χ1n) is 8.45. The highest BCUT2D eigenvalue weighted by Gasteiger charge is 2.11. The molecule has 0 saturated carbocycles. The molecule has 0 saturated heterocycles. The van der Waals surface area contributed by atoms with Gasteiger partial charge < -0.3 is 15.2 Å². The Bertz CT molecular complexity index is 908. The highest BCUT2D eigenvalue weighted by molar-refractivity contribution is 5.96. The lowest BCUT2D eigenvalue weighted by Gasteiger charge is -2.08. The molecule has 6 nitrogen and oxygen atoms in total. The van der Waals surface area contributed by atoms with Gasteiger partial charge in [0.25, 0.3) is 5.91 Å². The number of imidazole rings is 1. The number of halogens is 1. The third-order valence-corrected chi connectivity index (χ3v) is 3.96. The van der Waals surface area contributed by atoms with Crippen molar-refractivity contribution in [1.29, 1.82) is 0 Å². The highest BCUT2D eigenvalue weighted by atomic mass is 19.1. The fourth-order valence-corrected chi connectivity index (χ4v) is 2.52. The van der Waals surface area contributed by atoms with E-state index in [1.165, 1.54) is 18.2 Å². The Hall–Kier alpha value is -3.48. The van der Waals surface area contributed by atoms with Gasteiger partial charge in [0.1, 0.15) is 5.82 Å². The number of amides is 2. The van der Waals surface area contributed by atoms with E-state index in [9.17, 15) is 14.0 Å². The Balaban J connectivity index is 1.43. The topological polar surface area (TPSA) is 76.0 Å². The molecule has 0 fully saturated rings. The van der Waals surface area contributed by atoms with E-state index >= 15 is 0 Å². The minimum Gasteiger partial charge on any atom is -0.350 e. The second kappa shape index (κ2) is 8.75. The standard InChI is InChI=1S/C20H19FN4O2/c21-18-4-2-1-3-17(18)20(27)24-12-19(26)23-11-15-5-7-16(8-6-15)13-25-10-9-22-14-25/h1-10,14H,11-13H2,(H,23,26)(H,24,27). The Morgan fingerprint density at radius 1 is 1.00 bits per heavy atom. The largest absolute Gasteiger partial charge is 0.350 e. The molecule has 2 N–H and O–H groups in total. The van der Waals surface area contributed by atoms with Crippen molar-refractivity contribution in [1.82, 2.24) is 20.2 Å². The van der Waals surface area contributed by atoms with E-state index in [1.54, 1.807) is 18.6 Å². The summed E-state index contributed by atoms with van der Waals surface area (Å²) in [6, 6.07) is 13.5.